The number of amides is 3. The van der Waals surface area contributed by atoms with Gasteiger partial charge in [-0.05, 0) is 50.1 Å². The molecule has 0 bridgehead atoms. The van der Waals surface area contributed by atoms with Gasteiger partial charge in [0.2, 0.25) is 0 Å². The molecule has 1 atom stereocenters. The van der Waals surface area contributed by atoms with Gasteiger partial charge in [0.25, 0.3) is 17.7 Å². The molecule has 2 aromatic rings. The molecule has 0 spiro atoms. The van der Waals surface area contributed by atoms with Crippen LogP contribution in [0.2, 0.25) is 0 Å². The highest BCUT2D eigenvalue weighted by Crippen LogP contribution is 2.26. The summed E-state index contributed by atoms with van der Waals surface area (Å²) in [6, 6.07) is 11.8. The van der Waals surface area contributed by atoms with Crippen molar-refractivity contribution >= 4 is 30.1 Å². The molecule has 0 saturated carbocycles. The Morgan fingerprint density at radius 3 is 2.33 bits per heavy atom. The second-order valence-electron chi connectivity index (χ2n) is 7.03. The van der Waals surface area contributed by atoms with Crippen LogP contribution in [0.5, 0.6) is 5.75 Å². The number of nitrogens with zero attached hydrogens (tertiary/aromatic N) is 1. The highest BCUT2D eigenvalue weighted by Gasteiger charge is 2.35. The summed E-state index contributed by atoms with van der Waals surface area (Å²) in [7, 11) is 0. The van der Waals surface area contributed by atoms with Crippen LogP contribution in [-0.4, -0.2) is 41.8 Å². The maximum Gasteiger partial charge on any atom is 0.261 e. The molecule has 0 fully saturated rings. The van der Waals surface area contributed by atoms with Crippen LogP contribution in [0.25, 0.3) is 0 Å². The standard InChI is InChI=1S/C22H25N3O4.ClH/c1-3-29-19-9-8-15(12-18(19)20(26)24-11-10-14(2)23)13-25-21(27)16-6-4-5-7-17(16)22(25)28;/h4-9,12,14H,3,10-11,13,23H2,1-2H3,(H,24,26);1H. The SMILES string of the molecule is CCOc1ccc(CN2C(=O)c3ccccc3C2=O)cc1C(=O)NCCC(C)N.Cl. The molecule has 0 radical (unpaired) electrons. The quantitative estimate of drug-likeness (QED) is 0.626. The Hall–Kier alpha value is -2.90. The molecule has 3 rings (SSSR count). The number of hydrogen-bond acceptors (Lipinski definition) is 5. The molecule has 1 aliphatic rings. The van der Waals surface area contributed by atoms with Gasteiger partial charge in [0.05, 0.1) is 29.8 Å². The van der Waals surface area contributed by atoms with Crippen molar-refractivity contribution in [3.8, 4) is 5.75 Å². The van der Waals surface area contributed by atoms with Crippen LogP contribution in [0, 0.1) is 0 Å². The zero-order valence-corrected chi connectivity index (χ0v) is 17.8. The topological polar surface area (TPSA) is 102 Å². The van der Waals surface area contributed by atoms with Crippen molar-refractivity contribution in [2.24, 2.45) is 5.73 Å². The largest absolute Gasteiger partial charge is 0.493 e. The fourth-order valence-electron chi connectivity index (χ4n) is 3.21. The zero-order valence-electron chi connectivity index (χ0n) is 17.0. The summed E-state index contributed by atoms with van der Waals surface area (Å²) in [6.07, 6.45) is 0.657. The summed E-state index contributed by atoms with van der Waals surface area (Å²) < 4.78 is 5.57. The third-order valence-corrected chi connectivity index (χ3v) is 4.69. The van der Waals surface area contributed by atoms with Crippen molar-refractivity contribution in [1.82, 2.24) is 10.2 Å². The average molecular weight is 432 g/mol. The van der Waals surface area contributed by atoms with Crippen molar-refractivity contribution < 1.29 is 19.1 Å². The Balaban J connectivity index is 0.00000320. The highest BCUT2D eigenvalue weighted by molar-refractivity contribution is 6.21. The number of rotatable bonds is 8. The molecular formula is C22H26ClN3O4. The van der Waals surface area contributed by atoms with E-state index in [-0.39, 0.29) is 42.7 Å². The number of carbonyl (C=O) groups is 3. The molecule has 0 saturated heterocycles. The first-order valence-corrected chi connectivity index (χ1v) is 9.67. The highest BCUT2D eigenvalue weighted by atomic mass is 35.5. The van der Waals surface area contributed by atoms with Gasteiger partial charge in [-0.3, -0.25) is 19.3 Å². The Kier molecular flexibility index (Phi) is 7.97. The summed E-state index contributed by atoms with van der Waals surface area (Å²) in [5.74, 6) is -0.486. The monoisotopic (exact) mass is 431 g/mol. The molecule has 2 aromatic carbocycles. The molecule has 160 valence electrons. The first-order chi connectivity index (χ1) is 13.9. The summed E-state index contributed by atoms with van der Waals surface area (Å²) in [5, 5.41) is 2.84. The van der Waals surface area contributed by atoms with E-state index in [1.807, 2.05) is 13.8 Å². The number of nitrogens with two attached hydrogens (primary N) is 1. The Labute approximate surface area is 182 Å². The summed E-state index contributed by atoms with van der Waals surface area (Å²) in [5.41, 5.74) is 7.56. The van der Waals surface area contributed by atoms with Gasteiger partial charge in [0.15, 0.2) is 0 Å². The second kappa shape index (κ2) is 10.2. The van der Waals surface area contributed by atoms with Gasteiger partial charge in [0, 0.05) is 12.6 Å². The van der Waals surface area contributed by atoms with Crippen molar-refractivity contribution in [3.63, 3.8) is 0 Å². The summed E-state index contributed by atoms with van der Waals surface area (Å²) in [6.45, 7) is 4.66. The van der Waals surface area contributed by atoms with Crippen molar-refractivity contribution in [3.05, 3.63) is 64.7 Å². The predicted molar refractivity (Wildman–Crippen MR) is 116 cm³/mol. The molecule has 1 heterocycles. The number of fused-ring (bicyclic) bond motifs is 1. The molecule has 1 unspecified atom stereocenters. The molecule has 1 aliphatic heterocycles. The van der Waals surface area contributed by atoms with E-state index in [9.17, 15) is 14.4 Å². The summed E-state index contributed by atoms with van der Waals surface area (Å²) >= 11 is 0. The van der Waals surface area contributed by atoms with Gasteiger partial charge in [0.1, 0.15) is 5.75 Å². The van der Waals surface area contributed by atoms with E-state index in [0.29, 0.717) is 47.6 Å². The number of carbonyl (C=O) groups excluding carboxylic acids is 3. The predicted octanol–water partition coefficient (Wildman–Crippen LogP) is 2.77. The third kappa shape index (κ3) is 4.98. The van der Waals surface area contributed by atoms with Crippen LogP contribution in [0.3, 0.4) is 0 Å². The van der Waals surface area contributed by atoms with Gasteiger partial charge < -0.3 is 15.8 Å². The number of nitrogens with one attached hydrogen (secondary N) is 1. The molecule has 7 nitrogen and oxygen atoms in total. The van der Waals surface area contributed by atoms with Crippen LogP contribution < -0.4 is 15.8 Å². The Morgan fingerprint density at radius 2 is 1.77 bits per heavy atom. The number of benzene rings is 2. The van der Waals surface area contributed by atoms with Gasteiger partial charge >= 0.3 is 0 Å². The zero-order chi connectivity index (χ0) is 21.0. The van der Waals surface area contributed by atoms with E-state index in [0.717, 1.165) is 0 Å². The lowest BCUT2D eigenvalue weighted by molar-refractivity contribution is 0.0642. The lowest BCUT2D eigenvalue weighted by Crippen LogP contribution is -2.30. The van der Waals surface area contributed by atoms with Crippen molar-refractivity contribution in [1.29, 1.82) is 0 Å². The molecule has 0 aliphatic carbocycles. The number of halogens is 1. The minimum Gasteiger partial charge on any atom is -0.493 e. The lowest BCUT2D eigenvalue weighted by atomic mass is 10.1. The fourth-order valence-corrected chi connectivity index (χ4v) is 3.21. The molecule has 8 heteroatoms. The van der Waals surface area contributed by atoms with Crippen LogP contribution in [-0.2, 0) is 6.54 Å². The maximum atomic E-state index is 12.6. The maximum absolute atomic E-state index is 12.6. The van der Waals surface area contributed by atoms with Crippen LogP contribution in [0.1, 0.15) is 56.9 Å². The second-order valence-corrected chi connectivity index (χ2v) is 7.03. The van der Waals surface area contributed by atoms with E-state index in [1.54, 1.807) is 42.5 Å². The van der Waals surface area contributed by atoms with E-state index in [2.05, 4.69) is 5.32 Å². The van der Waals surface area contributed by atoms with E-state index in [1.165, 1.54) is 4.90 Å². The first kappa shape index (κ1) is 23.4. The van der Waals surface area contributed by atoms with E-state index in [4.69, 9.17) is 10.5 Å². The molecular weight excluding hydrogens is 406 g/mol. The van der Waals surface area contributed by atoms with Crippen LogP contribution in [0.15, 0.2) is 42.5 Å². The van der Waals surface area contributed by atoms with Crippen LogP contribution >= 0.6 is 12.4 Å². The van der Waals surface area contributed by atoms with Gasteiger partial charge in [-0.2, -0.15) is 0 Å². The molecule has 3 amide bonds. The minimum atomic E-state index is -0.331. The Morgan fingerprint density at radius 1 is 1.13 bits per heavy atom. The number of ether oxygens (including phenoxy) is 1. The van der Waals surface area contributed by atoms with E-state index < -0.39 is 0 Å². The third-order valence-electron chi connectivity index (χ3n) is 4.69. The average Bonchev–Trinajstić information content (AvgIpc) is 2.94. The molecule has 3 N–H and O–H groups in total. The first-order valence-electron chi connectivity index (χ1n) is 9.67. The van der Waals surface area contributed by atoms with Gasteiger partial charge in [-0.25, -0.2) is 0 Å². The fraction of sp³-hybridized carbons (Fsp3) is 0.318. The lowest BCUT2D eigenvalue weighted by Gasteiger charge is -2.16. The van der Waals surface area contributed by atoms with Gasteiger partial charge in [-0.1, -0.05) is 18.2 Å². The van der Waals surface area contributed by atoms with E-state index >= 15 is 0 Å². The van der Waals surface area contributed by atoms with Crippen LogP contribution in [0.4, 0.5) is 0 Å². The molecule has 0 aromatic heterocycles. The Bertz CT molecular complexity index is 911. The smallest absolute Gasteiger partial charge is 0.261 e. The van der Waals surface area contributed by atoms with Crippen molar-refractivity contribution in [2.75, 3.05) is 13.2 Å². The minimum absolute atomic E-state index is 0. The molecule has 30 heavy (non-hydrogen) atoms. The number of imide groups is 1. The van der Waals surface area contributed by atoms with Crippen molar-refractivity contribution in [2.45, 2.75) is 32.9 Å². The number of hydrogen-bond donors (Lipinski definition) is 2. The summed E-state index contributed by atoms with van der Waals surface area (Å²) in [4.78, 5) is 39.0. The van der Waals surface area contributed by atoms with Gasteiger partial charge in [-0.15, -0.1) is 12.4 Å². The normalized spacial score (nSPS) is 13.5.